The predicted octanol–water partition coefficient (Wildman–Crippen LogP) is 1.80. The van der Waals surface area contributed by atoms with Crippen LogP contribution in [0, 0.1) is 32.0 Å². The third kappa shape index (κ3) is 5.04. The second-order valence-corrected chi connectivity index (χ2v) is 1.98. The Morgan fingerprint density at radius 1 is 1.29 bits per heavy atom. The van der Waals surface area contributed by atoms with Crippen LogP contribution in [0.4, 0.5) is 5.69 Å². The lowest BCUT2D eigenvalue weighted by Crippen LogP contribution is -1.74. The molecule has 0 amide bonds. The first-order chi connectivity index (χ1) is 6.60. The maximum Gasteiger partial charge on any atom is 0.385 e. The van der Waals surface area contributed by atoms with E-state index in [-0.39, 0.29) is 0 Å². The molecular weight excluding hydrogens is 188 g/mol. The molecule has 0 spiro atoms. The molecule has 0 aliphatic carbocycles. The van der Waals surface area contributed by atoms with E-state index in [0.717, 1.165) is 0 Å². The van der Waals surface area contributed by atoms with Crippen molar-refractivity contribution in [3.63, 3.8) is 0 Å². The van der Waals surface area contributed by atoms with Gasteiger partial charge in [-0.2, -0.15) is 5.26 Å². The van der Waals surface area contributed by atoms with Gasteiger partial charge in [0.1, 0.15) is 0 Å². The first-order valence-corrected chi connectivity index (χ1v) is 3.27. The lowest BCUT2D eigenvalue weighted by atomic mass is 10.2. The molecule has 0 aliphatic heterocycles. The standard InChI is InChI=1S/C7H4N3.NO3/c8-5-6-1-3-7(10-9)4-2-6;2-1(3)4/h1-4H;/q+1;-1. The van der Waals surface area contributed by atoms with Crippen molar-refractivity contribution < 1.29 is 5.09 Å². The zero-order valence-corrected chi connectivity index (χ0v) is 6.82. The largest absolute Gasteiger partial charge is 0.385 e. The molecule has 0 aromatic heterocycles. The summed E-state index contributed by atoms with van der Waals surface area (Å²) in [6.45, 7) is 0. The first kappa shape index (κ1) is 11.3. The molecule has 1 rings (SSSR count). The van der Waals surface area contributed by atoms with Crippen molar-refractivity contribution in [1.82, 2.24) is 0 Å². The van der Waals surface area contributed by atoms with Crippen LogP contribution in [0.3, 0.4) is 0 Å². The zero-order chi connectivity index (χ0) is 11.0. The van der Waals surface area contributed by atoms with Crippen LogP contribution in [-0.2, 0) is 0 Å². The van der Waals surface area contributed by atoms with Crippen LogP contribution in [-0.4, -0.2) is 5.09 Å². The Bertz CT molecular complexity index is 350. The summed E-state index contributed by atoms with van der Waals surface area (Å²) < 4.78 is 0. The van der Waals surface area contributed by atoms with Crippen LogP contribution in [0.2, 0.25) is 0 Å². The van der Waals surface area contributed by atoms with Crippen molar-refractivity contribution in [3.05, 3.63) is 50.1 Å². The fourth-order valence-corrected chi connectivity index (χ4v) is 0.603. The highest BCUT2D eigenvalue weighted by Gasteiger charge is 2.00. The van der Waals surface area contributed by atoms with Crippen molar-refractivity contribution in [2.75, 3.05) is 0 Å². The molecule has 0 bridgehead atoms. The highest BCUT2D eigenvalue weighted by atomic mass is 16.9. The van der Waals surface area contributed by atoms with E-state index in [2.05, 4.69) is 4.98 Å². The van der Waals surface area contributed by atoms with Gasteiger partial charge in [0.05, 0.1) is 16.7 Å². The molecule has 1 aromatic carbocycles. The molecule has 0 radical (unpaired) electrons. The number of benzene rings is 1. The molecule has 0 saturated heterocycles. The molecule has 70 valence electrons. The number of diazo groups is 1. The Kier molecular flexibility index (Phi) is 4.79. The second-order valence-electron chi connectivity index (χ2n) is 1.98. The third-order valence-corrected chi connectivity index (χ3v) is 1.11. The van der Waals surface area contributed by atoms with Gasteiger partial charge in [0, 0.05) is 12.1 Å². The predicted molar refractivity (Wildman–Crippen MR) is 46.3 cm³/mol. The van der Waals surface area contributed by atoms with Crippen molar-refractivity contribution >= 4 is 5.69 Å². The quantitative estimate of drug-likeness (QED) is 0.352. The summed E-state index contributed by atoms with van der Waals surface area (Å²) in [5.74, 6) is 0. The van der Waals surface area contributed by atoms with E-state index in [1.54, 1.807) is 24.3 Å². The van der Waals surface area contributed by atoms with Gasteiger partial charge in [-0.1, -0.05) is 0 Å². The minimum atomic E-state index is -1.75. The SMILES string of the molecule is N#Cc1ccc([N+]#N)cc1.O=[N+]([O-])[O-]. The summed E-state index contributed by atoms with van der Waals surface area (Å²) in [4.78, 5) is 11.2. The van der Waals surface area contributed by atoms with Crippen LogP contribution < -0.4 is 0 Å². The molecule has 0 aliphatic rings. The van der Waals surface area contributed by atoms with Gasteiger partial charge in [-0.15, -0.1) is 0 Å². The van der Waals surface area contributed by atoms with Gasteiger partial charge in [0.2, 0.25) is 5.39 Å². The average molecular weight is 192 g/mol. The van der Waals surface area contributed by atoms with E-state index in [4.69, 9.17) is 26.0 Å². The number of nitriles is 1. The summed E-state index contributed by atoms with van der Waals surface area (Å²) in [5, 5.41) is 31.4. The van der Waals surface area contributed by atoms with Crippen LogP contribution >= 0.6 is 0 Å². The van der Waals surface area contributed by atoms with Gasteiger partial charge >= 0.3 is 5.69 Å². The van der Waals surface area contributed by atoms with Gasteiger partial charge in [-0.3, -0.25) is 0 Å². The maximum atomic E-state index is 8.36. The summed E-state index contributed by atoms with van der Waals surface area (Å²) in [5.41, 5.74) is 1.02. The molecule has 14 heavy (non-hydrogen) atoms. The highest BCUT2D eigenvalue weighted by Crippen LogP contribution is 2.11. The third-order valence-electron chi connectivity index (χ3n) is 1.11. The molecule has 1 aromatic rings. The molecule has 0 saturated carbocycles. The van der Waals surface area contributed by atoms with Crippen molar-refractivity contribution in [2.24, 2.45) is 0 Å². The molecular formula is C7H4N4O3. The molecule has 0 N–H and O–H groups in total. The fraction of sp³-hybridized carbons (Fsp3) is 0. The summed E-state index contributed by atoms with van der Waals surface area (Å²) in [7, 11) is 0. The smallest absolute Gasteiger partial charge is 0.356 e. The van der Waals surface area contributed by atoms with Crippen molar-refractivity contribution in [1.29, 1.82) is 10.7 Å². The van der Waals surface area contributed by atoms with Gasteiger partial charge in [0.25, 0.3) is 0 Å². The lowest BCUT2D eigenvalue weighted by molar-refractivity contribution is -0.402. The summed E-state index contributed by atoms with van der Waals surface area (Å²) >= 11 is 0. The van der Waals surface area contributed by atoms with E-state index in [1.807, 2.05) is 6.07 Å². The number of hydrogen-bond acceptors (Lipinski definition) is 5. The monoisotopic (exact) mass is 192 g/mol. The van der Waals surface area contributed by atoms with Crippen molar-refractivity contribution in [2.45, 2.75) is 0 Å². The van der Waals surface area contributed by atoms with Crippen LogP contribution in [0.5, 0.6) is 0 Å². The van der Waals surface area contributed by atoms with Crippen LogP contribution in [0.15, 0.2) is 24.3 Å². The summed E-state index contributed by atoms with van der Waals surface area (Å²) in [6, 6.07) is 8.28. The zero-order valence-electron chi connectivity index (χ0n) is 6.82. The van der Waals surface area contributed by atoms with E-state index in [1.165, 1.54) is 0 Å². The lowest BCUT2D eigenvalue weighted by Gasteiger charge is -1.78. The number of nitrogens with zero attached hydrogens (tertiary/aromatic N) is 4. The summed E-state index contributed by atoms with van der Waals surface area (Å²) in [6.07, 6.45) is 0. The Labute approximate surface area is 78.6 Å². The van der Waals surface area contributed by atoms with Crippen LogP contribution in [0.1, 0.15) is 5.56 Å². The van der Waals surface area contributed by atoms with E-state index < -0.39 is 5.09 Å². The molecule has 0 fully saturated rings. The minimum absolute atomic E-state index is 0.457. The van der Waals surface area contributed by atoms with Crippen LogP contribution in [0.25, 0.3) is 4.98 Å². The van der Waals surface area contributed by atoms with E-state index in [9.17, 15) is 0 Å². The average Bonchev–Trinajstić information content (AvgIpc) is 2.17. The molecule has 0 atom stereocenters. The Morgan fingerprint density at radius 2 is 1.71 bits per heavy atom. The molecule has 0 unspecified atom stereocenters. The first-order valence-electron chi connectivity index (χ1n) is 3.27. The van der Waals surface area contributed by atoms with Gasteiger partial charge in [-0.05, 0) is 12.1 Å². The van der Waals surface area contributed by atoms with E-state index in [0.29, 0.717) is 11.3 Å². The Balaban J connectivity index is 0.000000364. The maximum absolute atomic E-state index is 8.36. The second kappa shape index (κ2) is 5.91. The van der Waals surface area contributed by atoms with E-state index >= 15 is 0 Å². The number of hydrogen-bond donors (Lipinski definition) is 0. The topological polar surface area (TPSA) is 118 Å². The number of rotatable bonds is 0. The molecule has 0 heterocycles. The Morgan fingerprint density at radius 3 is 2.00 bits per heavy atom. The van der Waals surface area contributed by atoms with Crippen molar-refractivity contribution in [3.8, 4) is 6.07 Å². The molecule has 7 heteroatoms. The normalized spacial score (nSPS) is 7.29. The minimum Gasteiger partial charge on any atom is -0.356 e. The Hall–Kier alpha value is -2.67. The molecule has 7 nitrogen and oxygen atoms in total. The highest BCUT2D eigenvalue weighted by molar-refractivity contribution is 5.47. The van der Waals surface area contributed by atoms with Gasteiger partial charge in [0.15, 0.2) is 4.98 Å². The van der Waals surface area contributed by atoms with Gasteiger partial charge in [-0.25, -0.2) is 0 Å². The van der Waals surface area contributed by atoms with Gasteiger partial charge < -0.3 is 15.3 Å². The fourth-order valence-electron chi connectivity index (χ4n) is 0.603.